The number of nitrogens with zero attached hydrogens (tertiary/aromatic N) is 4. The average molecular weight is 491 g/mol. The van der Waals surface area contributed by atoms with Crippen LogP contribution in [0.4, 0.5) is 6.01 Å². The molecule has 7 nitrogen and oxygen atoms in total. The van der Waals surface area contributed by atoms with Crippen LogP contribution in [0.3, 0.4) is 0 Å². The van der Waals surface area contributed by atoms with E-state index in [0.29, 0.717) is 47.9 Å². The average Bonchev–Trinajstić information content (AvgIpc) is 3.48. The van der Waals surface area contributed by atoms with Gasteiger partial charge in [0.2, 0.25) is 10.0 Å². The summed E-state index contributed by atoms with van der Waals surface area (Å²) in [7, 11) is -3.52. The summed E-state index contributed by atoms with van der Waals surface area (Å²) in [6.45, 7) is 1.73. The van der Waals surface area contributed by atoms with Crippen molar-refractivity contribution in [3.05, 3.63) is 64.9 Å². The summed E-state index contributed by atoms with van der Waals surface area (Å²) in [5.41, 5.74) is 0.929. The molecule has 0 atom stereocenters. The fourth-order valence-electron chi connectivity index (χ4n) is 4.09. The second kappa shape index (κ2) is 8.37. The third kappa shape index (κ3) is 3.91. The smallest absolute Gasteiger partial charge is 0.322 e. The molecule has 2 fully saturated rings. The molecule has 2 aromatic carbocycles. The van der Waals surface area contributed by atoms with Gasteiger partial charge in [0, 0.05) is 36.1 Å². The second-order valence-corrected chi connectivity index (χ2v) is 11.3. The summed E-state index contributed by atoms with van der Waals surface area (Å²) in [5, 5.41) is 4.96. The summed E-state index contributed by atoms with van der Waals surface area (Å²) in [5.74, 6) is 0.679. The Morgan fingerprint density at radius 3 is 2.25 bits per heavy atom. The maximum atomic E-state index is 13.0. The molecule has 3 aromatic rings. The second-order valence-electron chi connectivity index (χ2n) is 8.06. The Labute approximate surface area is 196 Å². The predicted octanol–water partition coefficient (Wildman–Crippen LogP) is 4.04. The normalized spacial score (nSPS) is 18.6. The number of hydrogen-bond acceptors (Lipinski definition) is 7. The lowest BCUT2D eigenvalue weighted by molar-refractivity contribution is 0.352. The quantitative estimate of drug-likeness (QED) is 0.482. The largest absolute Gasteiger partial charge is 0.324 e. The van der Waals surface area contributed by atoms with E-state index in [1.54, 1.807) is 23.9 Å². The summed E-state index contributed by atoms with van der Waals surface area (Å²) in [4.78, 5) is 7.99. The van der Waals surface area contributed by atoms with Crippen molar-refractivity contribution < 1.29 is 12.9 Å². The molecule has 0 unspecified atom stereocenters. The van der Waals surface area contributed by atoms with E-state index < -0.39 is 10.0 Å². The van der Waals surface area contributed by atoms with E-state index >= 15 is 0 Å². The van der Waals surface area contributed by atoms with E-state index in [1.165, 1.54) is 4.31 Å². The zero-order chi connectivity index (χ0) is 22.3. The van der Waals surface area contributed by atoms with E-state index in [1.807, 2.05) is 47.6 Å². The molecule has 0 radical (unpaired) electrons. The molecule has 0 bridgehead atoms. The SMILES string of the molecule is CSc1ccc(S(=O)(=O)N2CCN(c3nc(C4(c5ccc(Cl)cc5)CC4)no3)CC2)cc1. The zero-order valence-corrected chi connectivity index (χ0v) is 20.0. The first-order valence-electron chi connectivity index (χ1n) is 10.4. The topological polar surface area (TPSA) is 79.5 Å². The maximum absolute atomic E-state index is 13.0. The lowest BCUT2D eigenvalue weighted by Crippen LogP contribution is -2.48. The van der Waals surface area contributed by atoms with Gasteiger partial charge in [-0.2, -0.15) is 9.29 Å². The first kappa shape index (κ1) is 21.8. The van der Waals surface area contributed by atoms with Crippen LogP contribution in [0, 0.1) is 0 Å². The van der Waals surface area contributed by atoms with E-state index in [9.17, 15) is 8.42 Å². The summed E-state index contributed by atoms with van der Waals surface area (Å²) in [6, 6.07) is 15.2. The maximum Gasteiger partial charge on any atom is 0.324 e. The molecule has 2 aliphatic rings. The van der Waals surface area contributed by atoms with Crippen LogP contribution in [0.2, 0.25) is 5.02 Å². The van der Waals surface area contributed by atoms with Crippen molar-refractivity contribution in [2.24, 2.45) is 0 Å². The molecule has 1 aliphatic carbocycles. The Kier molecular flexibility index (Phi) is 5.69. The van der Waals surface area contributed by atoms with Crippen LogP contribution in [-0.4, -0.2) is 55.3 Å². The number of anilines is 1. The van der Waals surface area contributed by atoms with Crippen molar-refractivity contribution in [1.29, 1.82) is 0 Å². The van der Waals surface area contributed by atoms with E-state index in [0.717, 1.165) is 23.3 Å². The van der Waals surface area contributed by atoms with Crippen LogP contribution >= 0.6 is 23.4 Å². The van der Waals surface area contributed by atoms with E-state index in [-0.39, 0.29) is 5.41 Å². The van der Waals surface area contributed by atoms with Gasteiger partial charge >= 0.3 is 6.01 Å². The number of aromatic nitrogens is 2. The minimum Gasteiger partial charge on any atom is -0.322 e. The third-order valence-corrected chi connectivity index (χ3v) is 9.10. The molecule has 168 valence electrons. The standard InChI is InChI=1S/C22H23ClN4O3S2/c1-31-18-6-8-19(9-7-18)32(28,29)27-14-12-26(13-15-27)21-24-20(25-30-21)22(10-11-22)16-2-4-17(23)5-3-16/h2-9H,10-15H2,1H3. The van der Waals surface area contributed by atoms with Crippen molar-refractivity contribution in [3.63, 3.8) is 0 Å². The van der Waals surface area contributed by atoms with Crippen LogP contribution in [0.5, 0.6) is 0 Å². The Morgan fingerprint density at radius 2 is 1.66 bits per heavy atom. The predicted molar refractivity (Wildman–Crippen MR) is 125 cm³/mol. The van der Waals surface area contributed by atoms with Crippen molar-refractivity contribution >= 4 is 39.4 Å². The monoisotopic (exact) mass is 490 g/mol. The Balaban J connectivity index is 1.27. The molecule has 32 heavy (non-hydrogen) atoms. The van der Waals surface area contributed by atoms with E-state index in [2.05, 4.69) is 10.1 Å². The zero-order valence-electron chi connectivity index (χ0n) is 17.6. The van der Waals surface area contributed by atoms with Gasteiger partial charge in [-0.05, 0) is 61.1 Å². The molecular formula is C22H23ClN4O3S2. The summed E-state index contributed by atoms with van der Waals surface area (Å²) in [6.07, 6.45) is 3.90. The Morgan fingerprint density at radius 1 is 1.00 bits per heavy atom. The number of thioether (sulfide) groups is 1. The lowest BCUT2D eigenvalue weighted by atomic mass is 9.95. The van der Waals surface area contributed by atoms with Gasteiger partial charge in [-0.25, -0.2) is 8.42 Å². The van der Waals surface area contributed by atoms with Crippen molar-refractivity contribution in [3.8, 4) is 0 Å². The fraction of sp³-hybridized carbons (Fsp3) is 0.364. The number of piperazine rings is 1. The first-order valence-corrected chi connectivity index (χ1v) is 13.5. The highest BCUT2D eigenvalue weighted by Gasteiger charge is 2.50. The molecule has 1 aromatic heterocycles. The third-order valence-electron chi connectivity index (χ3n) is 6.20. The van der Waals surface area contributed by atoms with E-state index in [4.69, 9.17) is 16.1 Å². The molecule has 1 saturated carbocycles. The highest BCUT2D eigenvalue weighted by atomic mass is 35.5. The van der Waals surface area contributed by atoms with Crippen molar-refractivity contribution in [1.82, 2.24) is 14.4 Å². The minimum absolute atomic E-state index is 0.208. The molecule has 0 amide bonds. The van der Waals surface area contributed by atoms with Crippen LogP contribution in [0.15, 0.2) is 62.8 Å². The van der Waals surface area contributed by atoms with Gasteiger partial charge in [0.05, 0.1) is 10.3 Å². The number of benzene rings is 2. The number of rotatable bonds is 6. The Bertz CT molecular complexity index is 1200. The van der Waals surface area contributed by atoms with Crippen LogP contribution in [-0.2, 0) is 15.4 Å². The van der Waals surface area contributed by atoms with Gasteiger partial charge < -0.3 is 9.42 Å². The molecular weight excluding hydrogens is 468 g/mol. The van der Waals surface area contributed by atoms with Gasteiger partial charge in [0.1, 0.15) is 0 Å². The van der Waals surface area contributed by atoms with Gasteiger partial charge in [-0.3, -0.25) is 0 Å². The molecule has 1 aliphatic heterocycles. The highest BCUT2D eigenvalue weighted by Crippen LogP contribution is 2.52. The van der Waals surface area contributed by atoms with Crippen molar-refractivity contribution in [2.75, 3.05) is 37.3 Å². The molecule has 0 N–H and O–H groups in total. The van der Waals surface area contributed by atoms with Crippen LogP contribution in [0.1, 0.15) is 24.2 Å². The lowest BCUT2D eigenvalue weighted by Gasteiger charge is -2.32. The van der Waals surface area contributed by atoms with Crippen LogP contribution < -0.4 is 4.90 Å². The summed E-state index contributed by atoms with van der Waals surface area (Å²) < 4.78 is 33.1. The van der Waals surface area contributed by atoms with Gasteiger partial charge in [0.15, 0.2) is 5.82 Å². The fourth-order valence-corrected chi connectivity index (χ4v) is 6.05. The molecule has 10 heteroatoms. The summed E-state index contributed by atoms with van der Waals surface area (Å²) >= 11 is 7.61. The van der Waals surface area contributed by atoms with Gasteiger partial charge in [-0.1, -0.05) is 28.9 Å². The van der Waals surface area contributed by atoms with Gasteiger partial charge in [0.25, 0.3) is 0 Å². The Hall–Kier alpha value is -2.07. The molecule has 2 heterocycles. The van der Waals surface area contributed by atoms with Crippen LogP contribution in [0.25, 0.3) is 0 Å². The first-order chi connectivity index (χ1) is 15.4. The highest BCUT2D eigenvalue weighted by molar-refractivity contribution is 7.98. The molecule has 0 spiro atoms. The number of hydrogen-bond donors (Lipinski definition) is 0. The molecule has 5 rings (SSSR count). The number of sulfonamides is 1. The number of halogens is 1. The minimum atomic E-state index is -3.52. The molecule has 1 saturated heterocycles. The van der Waals surface area contributed by atoms with Gasteiger partial charge in [-0.15, -0.1) is 11.8 Å². The van der Waals surface area contributed by atoms with Crippen molar-refractivity contribution in [2.45, 2.75) is 28.0 Å².